The van der Waals surface area contributed by atoms with E-state index in [2.05, 4.69) is 0 Å². The predicted molar refractivity (Wildman–Crippen MR) is 89.9 cm³/mol. The van der Waals surface area contributed by atoms with Crippen LogP contribution in [0.1, 0.15) is 24.8 Å². The number of methoxy groups -OCH3 is 1. The van der Waals surface area contributed by atoms with Gasteiger partial charge < -0.3 is 4.74 Å². The van der Waals surface area contributed by atoms with Crippen LogP contribution in [0, 0.1) is 11.7 Å². The van der Waals surface area contributed by atoms with Crippen molar-refractivity contribution in [3.63, 3.8) is 0 Å². The lowest BCUT2D eigenvalue weighted by Crippen LogP contribution is -2.17. The van der Waals surface area contributed by atoms with E-state index in [1.165, 1.54) is 13.2 Å². The maximum absolute atomic E-state index is 14.8. The monoisotopic (exact) mass is 346 g/mol. The lowest BCUT2D eigenvalue weighted by atomic mass is 9.91. The van der Waals surface area contributed by atoms with Crippen LogP contribution >= 0.6 is 11.6 Å². The highest BCUT2D eigenvalue weighted by Gasteiger charge is 2.42. The second kappa shape index (κ2) is 6.36. The van der Waals surface area contributed by atoms with Gasteiger partial charge in [-0.2, -0.15) is 0 Å². The van der Waals surface area contributed by atoms with Gasteiger partial charge in [-0.15, -0.1) is 0 Å². The van der Waals surface area contributed by atoms with Gasteiger partial charge in [0, 0.05) is 22.9 Å². The number of hydrogen-bond donors (Lipinski definition) is 0. The summed E-state index contributed by atoms with van der Waals surface area (Å²) >= 11 is 5.87. The predicted octanol–water partition coefficient (Wildman–Crippen LogP) is 4.42. The van der Waals surface area contributed by atoms with Gasteiger partial charge in [-0.05, 0) is 35.4 Å². The molecule has 0 aromatic heterocycles. The number of benzene rings is 2. The molecule has 2 aromatic rings. The molecule has 3 nitrogen and oxygen atoms in total. The fourth-order valence-electron chi connectivity index (χ4n) is 3.12. The molecular formula is C19H16ClFO3. The number of carbonyl (C=O) groups is 2. The number of halogens is 2. The van der Waals surface area contributed by atoms with Crippen molar-refractivity contribution in [2.45, 2.75) is 19.3 Å². The van der Waals surface area contributed by atoms with Crippen LogP contribution in [0.3, 0.4) is 0 Å². The van der Waals surface area contributed by atoms with Crippen LogP contribution in [0.5, 0.6) is 5.75 Å². The minimum atomic E-state index is -1.07. The van der Waals surface area contributed by atoms with Crippen molar-refractivity contribution in [2.24, 2.45) is 5.92 Å². The highest BCUT2D eigenvalue weighted by molar-refractivity contribution is 6.30. The minimum Gasteiger partial charge on any atom is -0.496 e. The molecule has 1 unspecified atom stereocenters. The molecule has 2 atom stereocenters. The van der Waals surface area contributed by atoms with E-state index in [1.807, 2.05) is 0 Å². The third-order valence-electron chi connectivity index (χ3n) is 4.38. The Bertz CT molecular complexity index is 814. The molecule has 1 fully saturated rings. The quantitative estimate of drug-likeness (QED) is 0.773. The molecule has 5 heteroatoms. The van der Waals surface area contributed by atoms with Gasteiger partial charge in [-0.3, -0.25) is 9.59 Å². The first-order valence-electron chi connectivity index (χ1n) is 7.62. The van der Waals surface area contributed by atoms with Crippen molar-refractivity contribution < 1.29 is 18.7 Å². The van der Waals surface area contributed by atoms with Gasteiger partial charge >= 0.3 is 0 Å². The van der Waals surface area contributed by atoms with Gasteiger partial charge in [-0.1, -0.05) is 30.7 Å². The maximum atomic E-state index is 14.8. The number of ether oxygens (including phenoxy) is 1. The maximum Gasteiger partial charge on any atom is 0.151 e. The molecule has 0 saturated heterocycles. The average Bonchev–Trinajstić information content (AvgIpc) is 2.80. The highest BCUT2D eigenvalue weighted by Crippen LogP contribution is 2.40. The second-order valence-electron chi connectivity index (χ2n) is 5.99. The molecule has 0 bridgehead atoms. The minimum absolute atomic E-state index is 0.0366. The van der Waals surface area contributed by atoms with Crippen LogP contribution < -0.4 is 4.74 Å². The van der Waals surface area contributed by atoms with Crippen molar-refractivity contribution in [3.05, 3.63) is 52.8 Å². The summed E-state index contributed by atoms with van der Waals surface area (Å²) in [7, 11) is 1.40. The molecule has 1 aliphatic rings. The zero-order chi connectivity index (χ0) is 17.4. The number of carbonyl (C=O) groups excluding carboxylic acids is 2. The van der Waals surface area contributed by atoms with Gasteiger partial charge in [-0.25, -0.2) is 4.39 Å². The molecule has 0 heterocycles. The fraction of sp³-hybridized carbons (Fsp3) is 0.263. The van der Waals surface area contributed by atoms with Crippen LogP contribution in [-0.4, -0.2) is 18.7 Å². The van der Waals surface area contributed by atoms with E-state index in [-0.39, 0.29) is 35.2 Å². The molecule has 124 valence electrons. The summed E-state index contributed by atoms with van der Waals surface area (Å²) < 4.78 is 20.1. The summed E-state index contributed by atoms with van der Waals surface area (Å²) in [6.45, 7) is 1.69. The highest BCUT2D eigenvalue weighted by atomic mass is 35.5. The Morgan fingerprint density at radius 3 is 2.33 bits per heavy atom. The Morgan fingerprint density at radius 2 is 1.79 bits per heavy atom. The summed E-state index contributed by atoms with van der Waals surface area (Å²) in [6.07, 6.45) is 0.144. The Balaban J connectivity index is 2.11. The van der Waals surface area contributed by atoms with Gasteiger partial charge in [0.25, 0.3) is 0 Å². The van der Waals surface area contributed by atoms with Gasteiger partial charge in [0.15, 0.2) is 5.78 Å². The lowest BCUT2D eigenvalue weighted by molar-refractivity contribution is -0.124. The molecule has 24 heavy (non-hydrogen) atoms. The zero-order valence-corrected chi connectivity index (χ0v) is 14.1. The molecule has 0 N–H and O–H groups in total. The van der Waals surface area contributed by atoms with E-state index in [0.29, 0.717) is 10.6 Å². The first-order valence-corrected chi connectivity index (χ1v) is 8.00. The molecule has 3 rings (SSSR count). The Morgan fingerprint density at radius 1 is 1.12 bits per heavy atom. The van der Waals surface area contributed by atoms with E-state index in [4.69, 9.17) is 16.3 Å². The standard InChI is InChI=1S/C19H16ClFO3/c1-10-7-15(22)18(19(10)23)17-14(21)8-12(9-16(17)24-2)11-3-5-13(20)6-4-11/h3-6,8-10,18H,7H2,1-2H3/t10-,18?/m1/s1. The summed E-state index contributed by atoms with van der Waals surface area (Å²) in [4.78, 5) is 24.4. The zero-order valence-electron chi connectivity index (χ0n) is 13.3. The largest absolute Gasteiger partial charge is 0.496 e. The summed E-state index contributed by atoms with van der Waals surface area (Å²) in [5.74, 6) is -2.38. The molecule has 0 radical (unpaired) electrons. The number of Topliss-reactive ketones (excluding diaryl/α,β-unsaturated/α-hetero) is 2. The second-order valence-corrected chi connectivity index (χ2v) is 6.42. The third-order valence-corrected chi connectivity index (χ3v) is 4.63. The molecule has 1 saturated carbocycles. The van der Waals surface area contributed by atoms with Gasteiger partial charge in [0.05, 0.1) is 7.11 Å². The summed E-state index contributed by atoms with van der Waals surface area (Å²) in [6, 6.07) is 9.92. The first kappa shape index (κ1) is 16.7. The molecule has 2 aromatic carbocycles. The number of hydrogen-bond acceptors (Lipinski definition) is 3. The van der Waals surface area contributed by atoms with Crippen LogP contribution in [-0.2, 0) is 9.59 Å². The van der Waals surface area contributed by atoms with Crippen molar-refractivity contribution in [1.29, 1.82) is 0 Å². The van der Waals surface area contributed by atoms with E-state index in [0.717, 1.165) is 5.56 Å². The Labute approximate surface area is 144 Å². The van der Waals surface area contributed by atoms with Crippen LogP contribution in [0.25, 0.3) is 11.1 Å². The van der Waals surface area contributed by atoms with Crippen molar-refractivity contribution in [3.8, 4) is 16.9 Å². The van der Waals surface area contributed by atoms with Gasteiger partial charge in [0.1, 0.15) is 23.3 Å². The molecular weight excluding hydrogens is 331 g/mol. The average molecular weight is 347 g/mol. The molecule has 1 aliphatic carbocycles. The van der Waals surface area contributed by atoms with E-state index >= 15 is 0 Å². The van der Waals surface area contributed by atoms with Crippen LogP contribution in [0.4, 0.5) is 4.39 Å². The van der Waals surface area contributed by atoms with E-state index in [9.17, 15) is 14.0 Å². The van der Waals surface area contributed by atoms with Crippen molar-refractivity contribution in [2.75, 3.05) is 7.11 Å². The summed E-state index contributed by atoms with van der Waals surface area (Å²) in [5, 5.41) is 0.582. The topological polar surface area (TPSA) is 43.4 Å². The Hall–Kier alpha value is -2.20. The first-order chi connectivity index (χ1) is 11.4. The van der Waals surface area contributed by atoms with Gasteiger partial charge in [0.2, 0.25) is 0 Å². The fourth-order valence-corrected chi connectivity index (χ4v) is 3.24. The lowest BCUT2D eigenvalue weighted by Gasteiger charge is -2.16. The number of ketones is 2. The molecule has 0 spiro atoms. The molecule has 0 aliphatic heterocycles. The molecule has 0 amide bonds. The normalized spacial score (nSPS) is 20.5. The van der Waals surface area contributed by atoms with Crippen molar-refractivity contribution >= 4 is 23.2 Å². The number of rotatable bonds is 3. The van der Waals surface area contributed by atoms with E-state index < -0.39 is 11.7 Å². The van der Waals surface area contributed by atoms with Crippen molar-refractivity contribution in [1.82, 2.24) is 0 Å². The third kappa shape index (κ3) is 2.82. The smallest absolute Gasteiger partial charge is 0.151 e. The summed E-state index contributed by atoms with van der Waals surface area (Å²) in [5.41, 5.74) is 1.39. The SMILES string of the molecule is COc1cc(-c2ccc(Cl)cc2)cc(F)c1C1C(=O)C[C@@H](C)C1=O. The van der Waals surface area contributed by atoms with Crippen LogP contribution in [0.2, 0.25) is 5.02 Å². The Kier molecular flexibility index (Phi) is 4.41. The van der Waals surface area contributed by atoms with Crippen LogP contribution in [0.15, 0.2) is 36.4 Å². The van der Waals surface area contributed by atoms with E-state index in [1.54, 1.807) is 37.3 Å².